The first-order valence-corrected chi connectivity index (χ1v) is 6.73. The molecule has 0 aliphatic rings. The Hall–Kier alpha value is -0.770. The zero-order valence-electron chi connectivity index (χ0n) is 10.0. The Morgan fingerprint density at radius 1 is 1.11 bits per heavy atom. The molecule has 0 atom stereocenters. The summed E-state index contributed by atoms with van der Waals surface area (Å²) in [5, 5.41) is 9.45. The van der Waals surface area contributed by atoms with Crippen LogP contribution in [0.2, 0.25) is 15.3 Å². The molecule has 0 radical (unpaired) electrons. The lowest BCUT2D eigenvalue weighted by molar-refractivity contribution is 0.803. The maximum absolute atomic E-state index is 6.24. The molecule has 0 aliphatic heterocycles. The van der Waals surface area contributed by atoms with E-state index in [9.17, 15) is 0 Å². The second-order valence-electron chi connectivity index (χ2n) is 4.02. The molecule has 0 bridgehead atoms. The number of nitrogens with zero attached hydrogens (tertiary/aromatic N) is 3. The molecule has 0 saturated heterocycles. The number of aryl methyl sites for hydroxylation is 2. The lowest BCUT2D eigenvalue weighted by Gasteiger charge is -2.11. The standard InChI is InChI=1S/C12H12Cl3N3/c1-3-4-11-16-17-12(15)18(11)10-6-8(13)7(2)5-9(10)14/h5-6H,3-4H2,1-2H3. The van der Waals surface area contributed by atoms with Gasteiger partial charge in [0.05, 0.1) is 10.7 Å². The van der Waals surface area contributed by atoms with Crippen LogP contribution < -0.4 is 0 Å². The molecular weight excluding hydrogens is 293 g/mol. The van der Waals surface area contributed by atoms with Crippen molar-refractivity contribution >= 4 is 34.8 Å². The molecule has 1 aromatic carbocycles. The molecule has 2 aromatic rings. The minimum atomic E-state index is 0.292. The largest absolute Gasteiger partial charge is 0.268 e. The van der Waals surface area contributed by atoms with Gasteiger partial charge in [-0.2, -0.15) is 0 Å². The smallest absolute Gasteiger partial charge is 0.229 e. The number of benzene rings is 1. The van der Waals surface area contributed by atoms with Gasteiger partial charge in [-0.3, -0.25) is 4.57 Å². The van der Waals surface area contributed by atoms with Crippen molar-refractivity contribution < 1.29 is 0 Å². The van der Waals surface area contributed by atoms with Crippen molar-refractivity contribution in [1.82, 2.24) is 14.8 Å². The summed E-state index contributed by atoms with van der Waals surface area (Å²) in [7, 11) is 0. The van der Waals surface area contributed by atoms with E-state index in [-0.39, 0.29) is 0 Å². The first-order valence-electron chi connectivity index (χ1n) is 5.60. The van der Waals surface area contributed by atoms with Gasteiger partial charge in [-0.05, 0) is 42.6 Å². The second kappa shape index (κ2) is 5.47. The molecule has 96 valence electrons. The van der Waals surface area contributed by atoms with Crippen molar-refractivity contribution in [2.75, 3.05) is 0 Å². The van der Waals surface area contributed by atoms with Crippen LogP contribution in [0.4, 0.5) is 0 Å². The Labute approximate surface area is 121 Å². The second-order valence-corrected chi connectivity index (χ2v) is 5.18. The van der Waals surface area contributed by atoms with E-state index in [0.717, 1.165) is 24.2 Å². The van der Waals surface area contributed by atoms with E-state index in [1.54, 1.807) is 10.6 Å². The van der Waals surface area contributed by atoms with Crippen molar-refractivity contribution in [1.29, 1.82) is 0 Å². The van der Waals surface area contributed by atoms with Gasteiger partial charge in [-0.15, -0.1) is 10.2 Å². The van der Waals surface area contributed by atoms with Gasteiger partial charge in [-0.1, -0.05) is 30.1 Å². The van der Waals surface area contributed by atoms with Gasteiger partial charge < -0.3 is 0 Å². The SMILES string of the molecule is CCCc1nnc(Cl)n1-c1cc(Cl)c(C)cc1Cl. The predicted molar refractivity (Wildman–Crippen MR) is 75.1 cm³/mol. The van der Waals surface area contributed by atoms with E-state index in [1.165, 1.54) is 0 Å². The van der Waals surface area contributed by atoms with Gasteiger partial charge >= 0.3 is 0 Å². The van der Waals surface area contributed by atoms with Crippen LogP contribution in [0.25, 0.3) is 5.69 Å². The van der Waals surface area contributed by atoms with Crippen LogP contribution >= 0.6 is 34.8 Å². The highest BCUT2D eigenvalue weighted by molar-refractivity contribution is 6.35. The normalized spacial score (nSPS) is 10.9. The van der Waals surface area contributed by atoms with Crippen LogP contribution in [0.15, 0.2) is 12.1 Å². The van der Waals surface area contributed by atoms with Crippen LogP contribution in [0.5, 0.6) is 0 Å². The Balaban J connectivity index is 2.61. The van der Waals surface area contributed by atoms with Gasteiger partial charge in [0.15, 0.2) is 0 Å². The van der Waals surface area contributed by atoms with Crippen LogP contribution in [0, 0.1) is 6.92 Å². The van der Waals surface area contributed by atoms with Gasteiger partial charge in [0.2, 0.25) is 5.28 Å². The quantitative estimate of drug-likeness (QED) is 0.836. The van der Waals surface area contributed by atoms with Crippen molar-refractivity contribution in [2.45, 2.75) is 26.7 Å². The Morgan fingerprint density at radius 2 is 1.83 bits per heavy atom. The molecule has 1 heterocycles. The predicted octanol–water partition coefficient (Wildman–Crippen LogP) is 4.49. The number of hydrogen-bond donors (Lipinski definition) is 0. The minimum Gasteiger partial charge on any atom is -0.268 e. The summed E-state index contributed by atoms with van der Waals surface area (Å²) in [6.45, 7) is 3.97. The molecule has 6 heteroatoms. The van der Waals surface area contributed by atoms with Gasteiger partial charge in [0.25, 0.3) is 0 Å². The van der Waals surface area contributed by atoms with Crippen LogP contribution in [-0.2, 0) is 6.42 Å². The fraction of sp³-hybridized carbons (Fsp3) is 0.333. The van der Waals surface area contributed by atoms with E-state index >= 15 is 0 Å². The zero-order valence-corrected chi connectivity index (χ0v) is 12.3. The maximum Gasteiger partial charge on any atom is 0.229 e. The fourth-order valence-electron chi connectivity index (χ4n) is 1.73. The monoisotopic (exact) mass is 303 g/mol. The summed E-state index contributed by atoms with van der Waals surface area (Å²) in [6.07, 6.45) is 1.73. The van der Waals surface area contributed by atoms with Crippen molar-refractivity contribution in [2.24, 2.45) is 0 Å². The third kappa shape index (κ3) is 2.48. The molecule has 1 aromatic heterocycles. The number of rotatable bonds is 3. The average Bonchev–Trinajstić information content (AvgIpc) is 2.66. The van der Waals surface area contributed by atoms with E-state index in [0.29, 0.717) is 21.0 Å². The lowest BCUT2D eigenvalue weighted by Crippen LogP contribution is -2.02. The molecular formula is C12H12Cl3N3. The van der Waals surface area contributed by atoms with E-state index in [2.05, 4.69) is 17.1 Å². The van der Waals surface area contributed by atoms with E-state index in [4.69, 9.17) is 34.8 Å². The maximum atomic E-state index is 6.24. The molecule has 18 heavy (non-hydrogen) atoms. The Morgan fingerprint density at radius 3 is 2.50 bits per heavy atom. The van der Waals surface area contributed by atoms with Crippen molar-refractivity contribution in [3.05, 3.63) is 38.8 Å². The first kappa shape index (κ1) is 13.7. The summed E-state index contributed by atoms with van der Waals surface area (Å²) in [4.78, 5) is 0. The summed E-state index contributed by atoms with van der Waals surface area (Å²) >= 11 is 18.4. The lowest BCUT2D eigenvalue weighted by atomic mass is 10.2. The van der Waals surface area contributed by atoms with E-state index in [1.807, 2.05) is 13.0 Å². The van der Waals surface area contributed by atoms with E-state index < -0.39 is 0 Å². The molecule has 0 amide bonds. The minimum absolute atomic E-state index is 0.292. The van der Waals surface area contributed by atoms with Crippen LogP contribution in [0.3, 0.4) is 0 Å². The van der Waals surface area contributed by atoms with Crippen molar-refractivity contribution in [3.8, 4) is 5.69 Å². The summed E-state index contributed by atoms with van der Waals surface area (Å²) in [6, 6.07) is 3.60. The van der Waals surface area contributed by atoms with Gasteiger partial charge in [0.1, 0.15) is 5.82 Å². The highest BCUT2D eigenvalue weighted by Crippen LogP contribution is 2.30. The molecule has 2 rings (SSSR count). The van der Waals surface area contributed by atoms with Crippen molar-refractivity contribution in [3.63, 3.8) is 0 Å². The first-order chi connectivity index (χ1) is 8.54. The molecule has 0 aliphatic carbocycles. The Bertz CT molecular complexity index is 578. The molecule has 0 N–H and O–H groups in total. The summed E-state index contributed by atoms with van der Waals surface area (Å²) in [5.41, 5.74) is 1.64. The van der Waals surface area contributed by atoms with Crippen LogP contribution in [0.1, 0.15) is 24.7 Å². The highest BCUT2D eigenvalue weighted by Gasteiger charge is 2.15. The topological polar surface area (TPSA) is 30.7 Å². The molecule has 0 unspecified atom stereocenters. The fourth-order valence-corrected chi connectivity index (χ4v) is 2.41. The third-order valence-corrected chi connectivity index (χ3v) is 3.59. The van der Waals surface area contributed by atoms with Crippen LogP contribution in [-0.4, -0.2) is 14.8 Å². The molecule has 0 fully saturated rings. The Kier molecular flexibility index (Phi) is 4.15. The summed E-state index contributed by atoms with van der Waals surface area (Å²) < 4.78 is 1.73. The molecule has 0 spiro atoms. The average molecular weight is 305 g/mol. The number of aromatic nitrogens is 3. The van der Waals surface area contributed by atoms with Gasteiger partial charge in [0, 0.05) is 11.4 Å². The molecule has 0 saturated carbocycles. The zero-order chi connectivity index (χ0) is 13.3. The molecule has 3 nitrogen and oxygen atoms in total. The summed E-state index contributed by atoms with van der Waals surface area (Å²) in [5.74, 6) is 0.782. The van der Waals surface area contributed by atoms with Gasteiger partial charge in [-0.25, -0.2) is 0 Å². The highest BCUT2D eigenvalue weighted by atomic mass is 35.5. The number of halogens is 3. The number of hydrogen-bond acceptors (Lipinski definition) is 2. The third-order valence-electron chi connectivity index (χ3n) is 2.63.